The number of para-hydroxylation sites is 2. The second kappa shape index (κ2) is 8.32. The molecule has 1 aliphatic heterocycles. The molecule has 1 aliphatic rings. The van der Waals surface area contributed by atoms with E-state index < -0.39 is 29.8 Å². The van der Waals surface area contributed by atoms with Crippen molar-refractivity contribution in [1.82, 2.24) is 9.78 Å². The van der Waals surface area contributed by atoms with Gasteiger partial charge in [0.15, 0.2) is 6.61 Å². The van der Waals surface area contributed by atoms with E-state index in [-0.39, 0.29) is 22.3 Å². The maximum atomic E-state index is 13.2. The molecule has 10 heteroatoms. The normalized spacial score (nSPS) is 14.5. The number of amides is 2. The quantitative estimate of drug-likeness (QED) is 0.584. The van der Waals surface area contributed by atoms with Gasteiger partial charge in [-0.05, 0) is 57.2 Å². The number of esters is 1. The lowest BCUT2D eigenvalue weighted by Gasteiger charge is -2.41. The van der Waals surface area contributed by atoms with E-state index in [1.165, 1.54) is 33.8 Å². The van der Waals surface area contributed by atoms with Crippen molar-refractivity contribution < 1.29 is 23.5 Å². The van der Waals surface area contributed by atoms with Crippen LogP contribution in [0.1, 0.15) is 29.9 Å². The van der Waals surface area contributed by atoms with Crippen LogP contribution in [0.5, 0.6) is 0 Å². The van der Waals surface area contributed by atoms with Crippen molar-refractivity contribution in [2.45, 2.75) is 26.3 Å². The van der Waals surface area contributed by atoms with Gasteiger partial charge in [-0.2, -0.15) is 5.10 Å². The Morgan fingerprint density at radius 1 is 1.15 bits per heavy atom. The molecule has 0 aliphatic carbocycles. The zero-order valence-corrected chi connectivity index (χ0v) is 18.8. The standard InChI is InChI=1S/C23H20ClFN4O4/c1-13-19(20(24)29(27-13)15-10-8-14(25)9-11-15)21(31)33-12-18(30)28-17-7-5-4-6-16(17)26-22(32)23(28,2)3/h4-11H,12H2,1-3H3,(H,26,32). The van der Waals surface area contributed by atoms with Gasteiger partial charge in [-0.3, -0.25) is 14.5 Å². The second-order valence-corrected chi connectivity index (χ2v) is 8.33. The number of aromatic nitrogens is 2. The van der Waals surface area contributed by atoms with Gasteiger partial charge in [-0.25, -0.2) is 13.9 Å². The van der Waals surface area contributed by atoms with Crippen LogP contribution in [0.3, 0.4) is 0 Å². The Morgan fingerprint density at radius 3 is 2.52 bits per heavy atom. The van der Waals surface area contributed by atoms with Crippen molar-refractivity contribution in [2.24, 2.45) is 0 Å². The number of rotatable bonds is 4. The van der Waals surface area contributed by atoms with Crippen LogP contribution in [0.2, 0.25) is 5.15 Å². The molecule has 0 saturated heterocycles. The molecule has 0 unspecified atom stereocenters. The van der Waals surface area contributed by atoms with Crippen LogP contribution in [-0.4, -0.2) is 39.7 Å². The van der Waals surface area contributed by atoms with Gasteiger partial charge in [0.05, 0.1) is 22.8 Å². The molecule has 4 rings (SSSR count). The number of fused-ring (bicyclic) bond motifs is 1. The highest BCUT2D eigenvalue weighted by molar-refractivity contribution is 6.33. The zero-order chi connectivity index (χ0) is 23.9. The van der Waals surface area contributed by atoms with E-state index in [1.807, 2.05) is 0 Å². The van der Waals surface area contributed by atoms with Gasteiger partial charge in [-0.15, -0.1) is 0 Å². The minimum absolute atomic E-state index is 0.00941. The molecule has 2 amide bonds. The average Bonchev–Trinajstić information content (AvgIpc) is 3.07. The first-order valence-corrected chi connectivity index (χ1v) is 10.4. The van der Waals surface area contributed by atoms with Crippen molar-refractivity contribution in [3.8, 4) is 5.69 Å². The molecule has 8 nitrogen and oxygen atoms in total. The number of hydrogen-bond acceptors (Lipinski definition) is 5. The summed E-state index contributed by atoms with van der Waals surface area (Å²) >= 11 is 6.35. The fourth-order valence-corrected chi connectivity index (χ4v) is 4.00. The molecule has 0 bridgehead atoms. The Kier molecular flexibility index (Phi) is 5.67. The van der Waals surface area contributed by atoms with E-state index in [4.69, 9.17) is 16.3 Å². The van der Waals surface area contributed by atoms with Crippen molar-refractivity contribution in [1.29, 1.82) is 0 Å². The van der Waals surface area contributed by atoms with Gasteiger partial charge in [0.25, 0.3) is 5.91 Å². The van der Waals surface area contributed by atoms with Crippen molar-refractivity contribution >= 4 is 40.8 Å². The predicted molar refractivity (Wildman–Crippen MR) is 120 cm³/mol. The van der Waals surface area contributed by atoms with Crippen LogP contribution in [-0.2, 0) is 14.3 Å². The Balaban J connectivity index is 1.56. The molecule has 3 aromatic rings. The molecule has 0 radical (unpaired) electrons. The van der Waals surface area contributed by atoms with Crippen LogP contribution >= 0.6 is 11.6 Å². The third kappa shape index (κ3) is 3.95. The van der Waals surface area contributed by atoms with Crippen LogP contribution in [0.4, 0.5) is 15.8 Å². The predicted octanol–water partition coefficient (Wildman–Crippen LogP) is 3.89. The number of benzene rings is 2. The summed E-state index contributed by atoms with van der Waals surface area (Å²) in [7, 11) is 0. The lowest BCUT2D eigenvalue weighted by Crippen LogP contribution is -2.59. The number of ether oxygens (including phenoxy) is 1. The van der Waals surface area contributed by atoms with E-state index in [9.17, 15) is 18.8 Å². The van der Waals surface area contributed by atoms with Gasteiger partial charge in [0.1, 0.15) is 22.1 Å². The van der Waals surface area contributed by atoms with E-state index >= 15 is 0 Å². The number of anilines is 2. The van der Waals surface area contributed by atoms with Gasteiger partial charge >= 0.3 is 5.97 Å². The first-order valence-electron chi connectivity index (χ1n) is 10.0. The van der Waals surface area contributed by atoms with Crippen LogP contribution in [0, 0.1) is 12.7 Å². The monoisotopic (exact) mass is 470 g/mol. The van der Waals surface area contributed by atoms with Gasteiger partial charge < -0.3 is 10.1 Å². The van der Waals surface area contributed by atoms with Crippen molar-refractivity contribution in [3.63, 3.8) is 0 Å². The van der Waals surface area contributed by atoms with Crippen molar-refractivity contribution in [3.05, 3.63) is 70.8 Å². The smallest absolute Gasteiger partial charge is 0.343 e. The molecule has 0 spiro atoms. The minimum atomic E-state index is -1.20. The Bertz CT molecular complexity index is 1270. The Hall–Kier alpha value is -3.72. The van der Waals surface area contributed by atoms with Crippen molar-refractivity contribution in [2.75, 3.05) is 16.8 Å². The summed E-state index contributed by atoms with van der Waals surface area (Å²) in [5.74, 6) is -2.20. The first-order chi connectivity index (χ1) is 15.6. The fraction of sp³-hybridized carbons (Fsp3) is 0.217. The molecule has 0 saturated carbocycles. The molecule has 33 heavy (non-hydrogen) atoms. The van der Waals surface area contributed by atoms with E-state index in [2.05, 4.69) is 10.4 Å². The molecule has 2 heterocycles. The third-order valence-corrected chi connectivity index (χ3v) is 5.71. The van der Waals surface area contributed by atoms with Crippen LogP contribution in [0.15, 0.2) is 48.5 Å². The molecular weight excluding hydrogens is 451 g/mol. The minimum Gasteiger partial charge on any atom is -0.452 e. The second-order valence-electron chi connectivity index (χ2n) is 7.98. The average molecular weight is 471 g/mol. The number of nitrogens with one attached hydrogen (secondary N) is 1. The SMILES string of the molecule is Cc1nn(-c2ccc(F)cc2)c(Cl)c1C(=O)OCC(=O)N1c2ccccc2NC(=O)C1(C)C. The van der Waals surface area contributed by atoms with Crippen LogP contribution in [0.25, 0.3) is 5.69 Å². The maximum Gasteiger partial charge on any atom is 0.343 e. The number of hydrogen-bond donors (Lipinski definition) is 1. The topological polar surface area (TPSA) is 93.5 Å². The van der Waals surface area contributed by atoms with Gasteiger partial charge in [0, 0.05) is 0 Å². The van der Waals surface area contributed by atoms with Crippen LogP contribution < -0.4 is 10.2 Å². The number of halogens is 2. The van der Waals surface area contributed by atoms with E-state index in [0.29, 0.717) is 17.1 Å². The molecule has 2 aromatic carbocycles. The number of nitrogens with zero attached hydrogens (tertiary/aromatic N) is 3. The highest BCUT2D eigenvalue weighted by Crippen LogP contribution is 2.36. The third-order valence-electron chi connectivity index (χ3n) is 5.36. The number of carbonyl (C=O) groups is 3. The van der Waals surface area contributed by atoms with Gasteiger partial charge in [-0.1, -0.05) is 23.7 Å². The molecule has 0 atom stereocenters. The summed E-state index contributed by atoms with van der Waals surface area (Å²) in [5, 5.41) is 6.97. The summed E-state index contributed by atoms with van der Waals surface area (Å²) in [5.41, 5.74) is 0.521. The lowest BCUT2D eigenvalue weighted by molar-refractivity contribution is -0.128. The fourth-order valence-electron chi connectivity index (χ4n) is 3.65. The zero-order valence-electron chi connectivity index (χ0n) is 18.1. The molecule has 1 N–H and O–H groups in total. The lowest BCUT2D eigenvalue weighted by atomic mass is 9.96. The number of carbonyl (C=O) groups excluding carboxylic acids is 3. The van der Waals surface area contributed by atoms with E-state index in [0.717, 1.165) is 0 Å². The number of aryl methyl sites for hydroxylation is 1. The molecular formula is C23H20ClFN4O4. The highest BCUT2D eigenvalue weighted by atomic mass is 35.5. The van der Waals surface area contributed by atoms with E-state index in [1.54, 1.807) is 45.0 Å². The molecule has 1 aromatic heterocycles. The molecule has 0 fully saturated rings. The molecule has 170 valence electrons. The largest absolute Gasteiger partial charge is 0.452 e. The maximum absolute atomic E-state index is 13.2. The summed E-state index contributed by atoms with van der Waals surface area (Å²) in [6.07, 6.45) is 0. The summed E-state index contributed by atoms with van der Waals surface area (Å²) in [6, 6.07) is 12.3. The van der Waals surface area contributed by atoms with Gasteiger partial charge in [0.2, 0.25) is 5.91 Å². The Morgan fingerprint density at radius 2 is 1.82 bits per heavy atom. The summed E-state index contributed by atoms with van der Waals surface area (Å²) in [4.78, 5) is 39.7. The summed E-state index contributed by atoms with van der Waals surface area (Å²) < 4.78 is 19.8. The Labute approximate surface area is 193 Å². The summed E-state index contributed by atoms with van der Waals surface area (Å²) in [6.45, 7) is 4.16. The highest BCUT2D eigenvalue weighted by Gasteiger charge is 2.43. The first kappa shape index (κ1) is 22.5.